The summed E-state index contributed by atoms with van der Waals surface area (Å²) >= 11 is 0. The molecule has 1 fully saturated rings. The van der Waals surface area contributed by atoms with Gasteiger partial charge in [-0.2, -0.15) is 0 Å². The minimum absolute atomic E-state index is 0.286. The molecule has 0 saturated carbocycles. The van der Waals surface area contributed by atoms with E-state index in [1.165, 1.54) is 6.42 Å². The van der Waals surface area contributed by atoms with Gasteiger partial charge in [0.2, 0.25) is 0 Å². The maximum absolute atomic E-state index is 11.9. The summed E-state index contributed by atoms with van der Waals surface area (Å²) in [6, 6.07) is 5.83. The molecule has 0 bridgehead atoms. The Morgan fingerprint density at radius 1 is 1.45 bits per heavy atom. The third-order valence-corrected chi connectivity index (χ3v) is 4.22. The van der Waals surface area contributed by atoms with E-state index in [2.05, 4.69) is 18.7 Å². The molecular weight excluding hydrogens is 252 g/mol. The molecule has 2 unspecified atom stereocenters. The number of anilines is 2. The molecule has 0 aliphatic carbocycles. The van der Waals surface area contributed by atoms with E-state index >= 15 is 0 Å². The first-order valence-electron chi connectivity index (χ1n) is 7.38. The van der Waals surface area contributed by atoms with Gasteiger partial charge in [0.1, 0.15) is 0 Å². The van der Waals surface area contributed by atoms with Crippen LogP contribution >= 0.6 is 0 Å². The van der Waals surface area contributed by atoms with Crippen molar-refractivity contribution in [3.8, 4) is 0 Å². The lowest BCUT2D eigenvalue weighted by Gasteiger charge is -2.40. The lowest BCUT2D eigenvalue weighted by Crippen LogP contribution is -2.42. The maximum atomic E-state index is 11.9. The van der Waals surface area contributed by atoms with Crippen LogP contribution in [0.25, 0.3) is 0 Å². The fourth-order valence-corrected chi connectivity index (χ4v) is 2.81. The molecule has 0 spiro atoms. The van der Waals surface area contributed by atoms with Crippen LogP contribution in [0.4, 0.5) is 11.4 Å². The molecule has 4 nitrogen and oxygen atoms in total. The van der Waals surface area contributed by atoms with Crippen LogP contribution in [-0.4, -0.2) is 25.2 Å². The molecule has 2 atom stereocenters. The Morgan fingerprint density at radius 3 is 2.90 bits per heavy atom. The molecule has 1 aromatic rings. The first-order chi connectivity index (χ1) is 9.54. The molecule has 1 aromatic carbocycles. The van der Waals surface area contributed by atoms with E-state index in [4.69, 9.17) is 10.5 Å². The Morgan fingerprint density at radius 2 is 2.20 bits per heavy atom. The van der Waals surface area contributed by atoms with Crippen molar-refractivity contribution in [2.75, 3.05) is 23.8 Å². The molecule has 0 amide bonds. The van der Waals surface area contributed by atoms with Gasteiger partial charge in [-0.05, 0) is 50.8 Å². The van der Waals surface area contributed by atoms with Gasteiger partial charge in [-0.25, -0.2) is 4.79 Å². The monoisotopic (exact) mass is 276 g/mol. The maximum Gasteiger partial charge on any atom is 0.338 e. The number of nitrogen functional groups attached to an aromatic ring is 1. The van der Waals surface area contributed by atoms with Gasteiger partial charge in [0.05, 0.1) is 23.5 Å². The van der Waals surface area contributed by atoms with Crippen molar-refractivity contribution in [1.29, 1.82) is 0 Å². The van der Waals surface area contributed by atoms with Crippen LogP contribution in [0.5, 0.6) is 0 Å². The van der Waals surface area contributed by atoms with Gasteiger partial charge in [-0.1, -0.05) is 6.92 Å². The number of rotatable bonds is 3. The highest BCUT2D eigenvalue weighted by Crippen LogP contribution is 2.33. The van der Waals surface area contributed by atoms with Gasteiger partial charge in [0.15, 0.2) is 0 Å². The first kappa shape index (κ1) is 14.7. The number of piperidine rings is 1. The number of esters is 1. The minimum Gasteiger partial charge on any atom is -0.462 e. The van der Waals surface area contributed by atoms with Crippen LogP contribution in [0.1, 0.15) is 44.0 Å². The van der Waals surface area contributed by atoms with Gasteiger partial charge < -0.3 is 15.4 Å². The van der Waals surface area contributed by atoms with Gasteiger partial charge >= 0.3 is 5.97 Å². The minimum atomic E-state index is -0.286. The third kappa shape index (κ3) is 2.89. The van der Waals surface area contributed by atoms with E-state index in [1.807, 2.05) is 13.0 Å². The summed E-state index contributed by atoms with van der Waals surface area (Å²) in [7, 11) is 0. The molecule has 2 rings (SSSR count). The number of nitrogens with two attached hydrogens (primary N) is 1. The second kappa shape index (κ2) is 6.16. The van der Waals surface area contributed by atoms with Gasteiger partial charge in [-0.15, -0.1) is 0 Å². The summed E-state index contributed by atoms with van der Waals surface area (Å²) in [6.45, 7) is 7.67. The molecule has 4 heteroatoms. The number of hydrogen-bond acceptors (Lipinski definition) is 4. The average molecular weight is 276 g/mol. The highest BCUT2D eigenvalue weighted by Gasteiger charge is 2.26. The van der Waals surface area contributed by atoms with Crippen molar-refractivity contribution in [2.24, 2.45) is 5.92 Å². The Kier molecular flexibility index (Phi) is 4.53. The smallest absolute Gasteiger partial charge is 0.338 e. The molecule has 1 saturated heterocycles. The molecule has 1 aliphatic heterocycles. The van der Waals surface area contributed by atoms with Crippen LogP contribution in [0.3, 0.4) is 0 Å². The predicted octanol–water partition coefficient (Wildman–Crippen LogP) is 3.07. The van der Waals surface area contributed by atoms with Crippen molar-refractivity contribution in [3.05, 3.63) is 23.8 Å². The average Bonchev–Trinajstić information content (AvgIpc) is 2.43. The van der Waals surface area contributed by atoms with Crippen LogP contribution in [-0.2, 0) is 4.74 Å². The van der Waals surface area contributed by atoms with Crippen LogP contribution in [0.15, 0.2) is 18.2 Å². The summed E-state index contributed by atoms with van der Waals surface area (Å²) in [5.41, 5.74) is 8.35. The number of carbonyl (C=O) groups is 1. The quantitative estimate of drug-likeness (QED) is 0.681. The second-order valence-electron chi connectivity index (χ2n) is 5.55. The summed E-state index contributed by atoms with van der Waals surface area (Å²) < 4.78 is 5.06. The van der Waals surface area contributed by atoms with E-state index in [9.17, 15) is 4.79 Å². The van der Waals surface area contributed by atoms with E-state index in [0.29, 0.717) is 24.1 Å². The molecular formula is C16H24N2O2. The van der Waals surface area contributed by atoms with Crippen molar-refractivity contribution in [2.45, 2.75) is 39.7 Å². The van der Waals surface area contributed by atoms with Crippen molar-refractivity contribution < 1.29 is 9.53 Å². The van der Waals surface area contributed by atoms with Crippen LogP contribution in [0.2, 0.25) is 0 Å². The standard InChI is InChI=1S/C16H24N2O2/c1-4-20-16(19)13-7-8-14(17)15(10-13)18-9-5-6-11(2)12(18)3/h7-8,10-12H,4-6,9,17H2,1-3H3. The zero-order valence-corrected chi connectivity index (χ0v) is 12.6. The van der Waals surface area contributed by atoms with E-state index < -0.39 is 0 Å². The normalized spacial score (nSPS) is 22.6. The summed E-state index contributed by atoms with van der Waals surface area (Å²) in [5.74, 6) is 0.348. The van der Waals surface area contributed by atoms with E-state index in [-0.39, 0.29) is 5.97 Å². The third-order valence-electron chi connectivity index (χ3n) is 4.22. The molecule has 1 heterocycles. The second-order valence-corrected chi connectivity index (χ2v) is 5.55. The SMILES string of the molecule is CCOC(=O)c1ccc(N)c(N2CCCC(C)C2C)c1. The van der Waals surface area contributed by atoms with Crippen LogP contribution < -0.4 is 10.6 Å². The topological polar surface area (TPSA) is 55.6 Å². The van der Waals surface area contributed by atoms with Crippen molar-refractivity contribution in [3.63, 3.8) is 0 Å². The van der Waals surface area contributed by atoms with Crippen LogP contribution in [0, 0.1) is 5.92 Å². The summed E-state index contributed by atoms with van der Waals surface area (Å²) in [6.07, 6.45) is 2.41. The largest absolute Gasteiger partial charge is 0.462 e. The number of carbonyl (C=O) groups excluding carboxylic acids is 1. The highest BCUT2D eigenvalue weighted by atomic mass is 16.5. The fraction of sp³-hybridized carbons (Fsp3) is 0.562. The molecule has 1 aliphatic rings. The van der Waals surface area contributed by atoms with Gasteiger partial charge in [0, 0.05) is 12.6 Å². The lowest BCUT2D eigenvalue weighted by atomic mass is 9.91. The number of benzene rings is 1. The van der Waals surface area contributed by atoms with Crippen molar-refractivity contribution >= 4 is 17.3 Å². The highest BCUT2D eigenvalue weighted by molar-refractivity contribution is 5.92. The molecule has 110 valence electrons. The molecule has 0 aromatic heterocycles. The Balaban J connectivity index is 2.30. The van der Waals surface area contributed by atoms with Gasteiger partial charge in [-0.3, -0.25) is 0 Å². The van der Waals surface area contributed by atoms with E-state index in [1.54, 1.807) is 12.1 Å². The molecule has 2 N–H and O–H groups in total. The Bertz CT molecular complexity index is 487. The summed E-state index contributed by atoms with van der Waals surface area (Å²) in [4.78, 5) is 14.2. The number of hydrogen-bond donors (Lipinski definition) is 1. The summed E-state index contributed by atoms with van der Waals surface area (Å²) in [5, 5.41) is 0. The first-order valence-corrected chi connectivity index (χ1v) is 7.38. The predicted molar refractivity (Wildman–Crippen MR) is 82.0 cm³/mol. The zero-order chi connectivity index (χ0) is 14.7. The molecule has 0 radical (unpaired) electrons. The zero-order valence-electron chi connectivity index (χ0n) is 12.6. The van der Waals surface area contributed by atoms with Crippen molar-refractivity contribution in [1.82, 2.24) is 0 Å². The Hall–Kier alpha value is -1.71. The number of nitrogens with zero attached hydrogens (tertiary/aromatic N) is 1. The molecule has 20 heavy (non-hydrogen) atoms. The van der Waals surface area contributed by atoms with Gasteiger partial charge in [0.25, 0.3) is 0 Å². The fourth-order valence-electron chi connectivity index (χ4n) is 2.81. The number of ether oxygens (including phenoxy) is 1. The lowest BCUT2D eigenvalue weighted by molar-refractivity contribution is 0.0526. The Labute approximate surface area is 120 Å². The van der Waals surface area contributed by atoms with E-state index in [0.717, 1.165) is 24.3 Å².